The first-order chi connectivity index (χ1) is 12.0. The molecule has 0 spiro atoms. The molecule has 5 nitrogen and oxygen atoms in total. The first-order valence-corrected chi connectivity index (χ1v) is 7.95. The number of amides is 1. The number of carbonyl (C=O) groups is 1. The van der Waals surface area contributed by atoms with E-state index in [-0.39, 0.29) is 24.3 Å². The lowest BCUT2D eigenvalue weighted by molar-refractivity contribution is -0.123. The normalized spacial score (nSPS) is 11.9. The Bertz CT molecular complexity index is 689. The smallest absolute Gasteiger partial charge is 0.258 e. The van der Waals surface area contributed by atoms with Crippen LogP contribution in [0.4, 0.5) is 4.39 Å². The van der Waals surface area contributed by atoms with Crippen LogP contribution in [0.2, 0.25) is 0 Å². The third kappa shape index (κ3) is 5.46. The quantitative estimate of drug-likeness (QED) is 0.798. The van der Waals surface area contributed by atoms with E-state index in [0.717, 1.165) is 11.3 Å². The summed E-state index contributed by atoms with van der Waals surface area (Å²) in [5, 5.41) is 2.82. The van der Waals surface area contributed by atoms with Gasteiger partial charge in [0.25, 0.3) is 5.91 Å². The van der Waals surface area contributed by atoms with Crippen LogP contribution in [-0.4, -0.2) is 45.2 Å². The second-order valence-electron chi connectivity index (χ2n) is 5.78. The summed E-state index contributed by atoms with van der Waals surface area (Å²) in [7, 11) is 5.50. The predicted molar refractivity (Wildman–Crippen MR) is 94.3 cm³/mol. The largest absolute Gasteiger partial charge is 0.497 e. The molecule has 0 aliphatic carbocycles. The minimum absolute atomic E-state index is 0.00307. The zero-order valence-corrected chi connectivity index (χ0v) is 14.7. The molecule has 1 unspecified atom stereocenters. The number of nitrogens with zero attached hydrogens (tertiary/aromatic N) is 1. The van der Waals surface area contributed by atoms with E-state index in [1.165, 1.54) is 12.1 Å². The number of hydrogen-bond donors (Lipinski definition) is 1. The van der Waals surface area contributed by atoms with E-state index in [1.54, 1.807) is 19.2 Å². The van der Waals surface area contributed by atoms with E-state index in [2.05, 4.69) is 5.32 Å². The van der Waals surface area contributed by atoms with Crippen LogP contribution in [0.3, 0.4) is 0 Å². The van der Waals surface area contributed by atoms with E-state index in [4.69, 9.17) is 9.47 Å². The lowest BCUT2D eigenvalue weighted by atomic mass is 10.1. The van der Waals surface area contributed by atoms with Gasteiger partial charge in [0.05, 0.1) is 13.2 Å². The number of benzene rings is 2. The van der Waals surface area contributed by atoms with Gasteiger partial charge in [0.15, 0.2) is 18.2 Å². The number of ether oxygens (including phenoxy) is 2. The molecule has 0 aliphatic heterocycles. The maximum atomic E-state index is 13.5. The summed E-state index contributed by atoms with van der Waals surface area (Å²) < 4.78 is 23.8. The molecule has 0 fully saturated rings. The fourth-order valence-electron chi connectivity index (χ4n) is 2.39. The summed E-state index contributed by atoms with van der Waals surface area (Å²) in [5.41, 5.74) is 1.06. The van der Waals surface area contributed by atoms with E-state index >= 15 is 0 Å². The van der Waals surface area contributed by atoms with Crippen molar-refractivity contribution in [2.75, 3.05) is 34.4 Å². The molecule has 0 radical (unpaired) electrons. The molecule has 0 heterocycles. The van der Waals surface area contributed by atoms with Gasteiger partial charge in [-0.1, -0.05) is 24.3 Å². The van der Waals surface area contributed by atoms with Gasteiger partial charge in [0.1, 0.15) is 5.75 Å². The molecule has 0 saturated heterocycles. The van der Waals surface area contributed by atoms with Crippen LogP contribution < -0.4 is 14.8 Å². The minimum atomic E-state index is -0.486. The SMILES string of the molecule is COc1ccc(C(CNC(=O)COc2ccccc2F)N(C)C)cc1. The van der Waals surface area contributed by atoms with Crippen LogP contribution in [0, 0.1) is 5.82 Å². The van der Waals surface area contributed by atoms with Crippen molar-refractivity contribution in [1.29, 1.82) is 0 Å². The zero-order valence-electron chi connectivity index (χ0n) is 14.7. The monoisotopic (exact) mass is 346 g/mol. The molecular weight excluding hydrogens is 323 g/mol. The van der Waals surface area contributed by atoms with Gasteiger partial charge in [0, 0.05) is 6.54 Å². The first-order valence-electron chi connectivity index (χ1n) is 7.95. The standard InChI is InChI=1S/C19H23FN2O3/c1-22(2)17(14-8-10-15(24-3)11-9-14)12-21-19(23)13-25-18-7-5-4-6-16(18)20/h4-11,17H,12-13H2,1-3H3,(H,21,23). The van der Waals surface area contributed by atoms with Gasteiger partial charge in [-0.2, -0.15) is 0 Å². The highest BCUT2D eigenvalue weighted by atomic mass is 19.1. The van der Waals surface area contributed by atoms with E-state index < -0.39 is 5.82 Å². The number of carbonyl (C=O) groups excluding carboxylic acids is 1. The molecule has 1 N–H and O–H groups in total. The molecule has 0 aromatic heterocycles. The van der Waals surface area contributed by atoms with Crippen LogP contribution in [0.1, 0.15) is 11.6 Å². The van der Waals surface area contributed by atoms with Gasteiger partial charge in [-0.25, -0.2) is 4.39 Å². The van der Waals surface area contributed by atoms with Gasteiger partial charge in [-0.15, -0.1) is 0 Å². The van der Waals surface area contributed by atoms with Crippen LogP contribution in [0.5, 0.6) is 11.5 Å². The van der Waals surface area contributed by atoms with Crippen LogP contribution in [-0.2, 0) is 4.79 Å². The predicted octanol–water partition coefficient (Wildman–Crippen LogP) is 2.63. The number of para-hydroxylation sites is 1. The fraction of sp³-hybridized carbons (Fsp3) is 0.316. The zero-order chi connectivity index (χ0) is 18.2. The Kier molecular flexibility index (Phi) is 6.77. The van der Waals surface area contributed by atoms with Crippen molar-refractivity contribution in [1.82, 2.24) is 10.2 Å². The second-order valence-corrected chi connectivity index (χ2v) is 5.78. The summed E-state index contributed by atoms with van der Waals surface area (Å²) in [6, 6.07) is 13.7. The highest BCUT2D eigenvalue weighted by Crippen LogP contribution is 2.20. The van der Waals surface area contributed by atoms with Crippen molar-refractivity contribution >= 4 is 5.91 Å². The number of halogens is 1. The summed E-state index contributed by atoms with van der Waals surface area (Å²) in [4.78, 5) is 14.0. The van der Waals surface area contributed by atoms with Gasteiger partial charge < -0.3 is 19.7 Å². The summed E-state index contributed by atoms with van der Waals surface area (Å²) in [5.74, 6) is 0.0591. The van der Waals surface area contributed by atoms with Gasteiger partial charge in [-0.3, -0.25) is 4.79 Å². The minimum Gasteiger partial charge on any atom is -0.497 e. The fourth-order valence-corrected chi connectivity index (χ4v) is 2.39. The van der Waals surface area contributed by atoms with Crippen LogP contribution >= 0.6 is 0 Å². The molecule has 6 heteroatoms. The van der Waals surface area contributed by atoms with Crippen molar-refractivity contribution in [2.24, 2.45) is 0 Å². The van der Waals surface area contributed by atoms with Gasteiger partial charge >= 0.3 is 0 Å². The average molecular weight is 346 g/mol. The third-order valence-electron chi connectivity index (χ3n) is 3.81. The number of methoxy groups -OCH3 is 1. The molecule has 1 atom stereocenters. The maximum Gasteiger partial charge on any atom is 0.258 e. The molecule has 2 rings (SSSR count). The number of hydrogen-bond acceptors (Lipinski definition) is 4. The maximum absolute atomic E-state index is 13.5. The van der Waals surface area contributed by atoms with E-state index in [1.807, 2.05) is 43.3 Å². The van der Waals surface area contributed by atoms with E-state index in [9.17, 15) is 9.18 Å². The number of likely N-dealkylation sites (N-methyl/N-ethyl adjacent to an activating group) is 1. The molecule has 134 valence electrons. The summed E-state index contributed by atoms with van der Waals surface area (Å²) in [6.45, 7) is 0.183. The lowest BCUT2D eigenvalue weighted by Crippen LogP contribution is -2.36. The molecule has 1 amide bonds. The lowest BCUT2D eigenvalue weighted by Gasteiger charge is -2.25. The van der Waals surface area contributed by atoms with Gasteiger partial charge in [-0.05, 0) is 43.9 Å². The summed E-state index contributed by atoms with van der Waals surface area (Å²) >= 11 is 0. The Labute approximate surface area is 147 Å². The Morgan fingerprint density at radius 3 is 2.44 bits per heavy atom. The number of rotatable bonds is 8. The molecular formula is C19H23FN2O3. The molecule has 2 aromatic rings. The second kappa shape index (κ2) is 9.03. The van der Waals surface area contributed by atoms with Crippen LogP contribution in [0.15, 0.2) is 48.5 Å². The van der Waals surface area contributed by atoms with Crippen molar-refractivity contribution in [3.8, 4) is 11.5 Å². The average Bonchev–Trinajstić information content (AvgIpc) is 2.61. The van der Waals surface area contributed by atoms with E-state index in [0.29, 0.717) is 6.54 Å². The number of nitrogens with one attached hydrogen (secondary N) is 1. The Hall–Kier alpha value is -2.60. The Morgan fingerprint density at radius 2 is 1.84 bits per heavy atom. The molecule has 25 heavy (non-hydrogen) atoms. The summed E-state index contributed by atoms with van der Waals surface area (Å²) in [6.07, 6.45) is 0. The van der Waals surface area contributed by atoms with Crippen molar-refractivity contribution in [3.05, 3.63) is 59.9 Å². The molecule has 0 bridgehead atoms. The first kappa shape index (κ1) is 18.7. The van der Waals surface area contributed by atoms with Crippen molar-refractivity contribution < 1.29 is 18.7 Å². The van der Waals surface area contributed by atoms with Crippen molar-refractivity contribution in [3.63, 3.8) is 0 Å². The molecule has 0 aliphatic rings. The highest BCUT2D eigenvalue weighted by molar-refractivity contribution is 5.77. The van der Waals surface area contributed by atoms with Crippen molar-refractivity contribution in [2.45, 2.75) is 6.04 Å². The topological polar surface area (TPSA) is 50.8 Å². The highest BCUT2D eigenvalue weighted by Gasteiger charge is 2.16. The molecule has 2 aromatic carbocycles. The molecule has 0 saturated carbocycles. The van der Waals surface area contributed by atoms with Crippen LogP contribution in [0.25, 0.3) is 0 Å². The Balaban J connectivity index is 1.89. The Morgan fingerprint density at radius 1 is 1.16 bits per heavy atom. The van der Waals surface area contributed by atoms with Gasteiger partial charge in [0.2, 0.25) is 0 Å². The third-order valence-corrected chi connectivity index (χ3v) is 3.81.